The molecule has 2 N–H and O–H groups in total. The van der Waals surface area contributed by atoms with Gasteiger partial charge in [0.05, 0.1) is 16.3 Å². The van der Waals surface area contributed by atoms with Crippen molar-refractivity contribution in [3.8, 4) is 0 Å². The lowest BCUT2D eigenvalue weighted by molar-refractivity contribution is 0.579. The Bertz CT molecular complexity index is 758. The second-order valence-corrected chi connectivity index (χ2v) is 6.44. The quantitative estimate of drug-likeness (QED) is 0.886. The Morgan fingerprint density at radius 2 is 1.85 bits per heavy atom. The summed E-state index contributed by atoms with van der Waals surface area (Å²) in [6.07, 6.45) is 0. The lowest BCUT2D eigenvalue weighted by atomic mass is 10.2. The largest absolute Gasteiger partial charge is 0.397 e. The molecule has 0 saturated heterocycles. The van der Waals surface area contributed by atoms with E-state index in [4.69, 9.17) is 5.73 Å². The fraction of sp³-hybridized carbons (Fsp3) is 0.143. The van der Waals surface area contributed by atoms with Crippen molar-refractivity contribution in [1.82, 2.24) is 0 Å². The van der Waals surface area contributed by atoms with Crippen LogP contribution in [0.25, 0.3) is 0 Å². The van der Waals surface area contributed by atoms with Crippen molar-refractivity contribution in [2.24, 2.45) is 0 Å². The summed E-state index contributed by atoms with van der Waals surface area (Å²) in [6.45, 7) is 1.68. The molecule has 0 bridgehead atoms. The Balaban J connectivity index is 2.46. The molecule has 3 nitrogen and oxygen atoms in total. The Hall–Kier alpha value is -1.95. The topological polar surface area (TPSA) is 60.2 Å². The third-order valence-electron chi connectivity index (χ3n) is 2.97. The van der Waals surface area contributed by atoms with Crippen molar-refractivity contribution < 1.29 is 17.2 Å². The average molecular weight is 297 g/mol. The summed E-state index contributed by atoms with van der Waals surface area (Å²) in [5.41, 5.74) is 6.27. The minimum absolute atomic E-state index is 0.0684. The average Bonchev–Trinajstić information content (AvgIpc) is 2.36. The van der Waals surface area contributed by atoms with Crippen LogP contribution in [0.3, 0.4) is 0 Å². The number of halogens is 2. The molecule has 2 rings (SSSR count). The highest BCUT2D eigenvalue weighted by molar-refractivity contribution is 7.90. The van der Waals surface area contributed by atoms with E-state index in [-0.39, 0.29) is 16.1 Å². The predicted octanol–water partition coefficient (Wildman–Crippen LogP) is 2.83. The van der Waals surface area contributed by atoms with E-state index in [2.05, 4.69) is 0 Å². The number of anilines is 1. The molecule has 2 aromatic rings. The number of sulfone groups is 1. The minimum atomic E-state index is -3.84. The Labute approximate surface area is 116 Å². The van der Waals surface area contributed by atoms with E-state index in [1.165, 1.54) is 6.07 Å². The summed E-state index contributed by atoms with van der Waals surface area (Å²) in [5.74, 6) is -2.08. The molecule has 2 aromatic carbocycles. The molecule has 0 unspecified atom stereocenters. The van der Waals surface area contributed by atoms with Gasteiger partial charge >= 0.3 is 0 Å². The highest BCUT2D eigenvalue weighted by atomic mass is 32.2. The molecule has 0 radical (unpaired) electrons. The van der Waals surface area contributed by atoms with Crippen LogP contribution in [0, 0.1) is 18.6 Å². The first-order valence-corrected chi connectivity index (χ1v) is 7.48. The number of nitrogens with two attached hydrogens (primary N) is 1. The number of rotatable bonds is 3. The third-order valence-corrected chi connectivity index (χ3v) is 4.69. The van der Waals surface area contributed by atoms with E-state index in [1.54, 1.807) is 19.1 Å². The number of hydrogen-bond acceptors (Lipinski definition) is 3. The molecule has 6 heteroatoms. The molecule has 0 spiro atoms. The maximum absolute atomic E-state index is 13.5. The molecule has 20 heavy (non-hydrogen) atoms. The number of aryl methyl sites for hydroxylation is 1. The lowest BCUT2D eigenvalue weighted by Gasteiger charge is -2.10. The Morgan fingerprint density at radius 1 is 1.15 bits per heavy atom. The van der Waals surface area contributed by atoms with Crippen LogP contribution < -0.4 is 5.73 Å². The van der Waals surface area contributed by atoms with E-state index in [9.17, 15) is 17.2 Å². The first-order valence-electron chi connectivity index (χ1n) is 5.83. The van der Waals surface area contributed by atoms with Gasteiger partial charge in [-0.05, 0) is 36.8 Å². The van der Waals surface area contributed by atoms with Crippen LogP contribution in [0.5, 0.6) is 0 Å². The Morgan fingerprint density at radius 3 is 2.55 bits per heavy atom. The summed E-state index contributed by atoms with van der Waals surface area (Å²) in [7, 11) is -3.84. The van der Waals surface area contributed by atoms with Crippen molar-refractivity contribution >= 4 is 15.5 Å². The molecule has 0 fully saturated rings. The highest BCUT2D eigenvalue weighted by Crippen LogP contribution is 2.26. The van der Waals surface area contributed by atoms with Crippen molar-refractivity contribution in [3.63, 3.8) is 0 Å². The van der Waals surface area contributed by atoms with Crippen LogP contribution in [0.1, 0.15) is 11.1 Å². The molecule has 0 aliphatic heterocycles. The molecule has 0 atom stereocenters. The van der Waals surface area contributed by atoms with Gasteiger partial charge in [-0.1, -0.05) is 12.1 Å². The van der Waals surface area contributed by atoms with Crippen LogP contribution in [-0.2, 0) is 15.6 Å². The van der Waals surface area contributed by atoms with E-state index in [0.29, 0.717) is 5.56 Å². The van der Waals surface area contributed by atoms with Crippen LogP contribution in [-0.4, -0.2) is 8.42 Å². The standard InChI is InChI=1S/C14H13F2NO2S/c1-9-3-2-4-13(14(9)17)20(18,19)8-10-7-11(15)5-6-12(10)16/h2-7H,8,17H2,1H3. The first kappa shape index (κ1) is 14.5. The van der Waals surface area contributed by atoms with Crippen molar-refractivity contribution in [1.29, 1.82) is 0 Å². The zero-order valence-corrected chi connectivity index (χ0v) is 11.5. The zero-order valence-electron chi connectivity index (χ0n) is 10.7. The molecule has 0 aliphatic carbocycles. The number of para-hydroxylation sites is 1. The van der Waals surface area contributed by atoms with Crippen molar-refractivity contribution in [2.45, 2.75) is 17.6 Å². The van der Waals surface area contributed by atoms with Crippen molar-refractivity contribution in [2.75, 3.05) is 5.73 Å². The molecule has 0 aliphatic rings. The predicted molar refractivity (Wildman–Crippen MR) is 72.8 cm³/mol. The number of hydrogen-bond donors (Lipinski definition) is 1. The van der Waals surface area contributed by atoms with Crippen LogP contribution in [0.15, 0.2) is 41.3 Å². The molecule has 0 amide bonds. The van der Waals surface area contributed by atoms with E-state index >= 15 is 0 Å². The molecular formula is C14H13F2NO2S. The summed E-state index contributed by atoms with van der Waals surface area (Å²) in [4.78, 5) is -0.0684. The SMILES string of the molecule is Cc1cccc(S(=O)(=O)Cc2cc(F)ccc2F)c1N. The van der Waals surface area contributed by atoms with Gasteiger partial charge in [0.2, 0.25) is 0 Å². The monoisotopic (exact) mass is 297 g/mol. The fourth-order valence-electron chi connectivity index (χ4n) is 1.86. The van der Waals surface area contributed by atoms with Gasteiger partial charge in [-0.2, -0.15) is 0 Å². The molecule has 0 heterocycles. The van der Waals surface area contributed by atoms with Crippen LogP contribution in [0.2, 0.25) is 0 Å². The zero-order chi connectivity index (χ0) is 14.9. The third kappa shape index (κ3) is 2.80. The first-order chi connectivity index (χ1) is 9.31. The highest BCUT2D eigenvalue weighted by Gasteiger charge is 2.21. The van der Waals surface area contributed by atoms with Gasteiger partial charge in [0, 0.05) is 5.56 Å². The molecule has 106 valence electrons. The summed E-state index contributed by atoms with van der Waals surface area (Å²) in [6, 6.07) is 7.30. The maximum atomic E-state index is 13.5. The fourth-order valence-corrected chi connectivity index (χ4v) is 3.43. The van der Waals surface area contributed by atoms with E-state index < -0.39 is 27.2 Å². The van der Waals surface area contributed by atoms with E-state index in [1.807, 2.05) is 0 Å². The van der Waals surface area contributed by atoms with Gasteiger partial charge in [0.1, 0.15) is 11.6 Å². The van der Waals surface area contributed by atoms with Gasteiger partial charge in [-0.15, -0.1) is 0 Å². The minimum Gasteiger partial charge on any atom is -0.397 e. The number of benzene rings is 2. The second kappa shape index (κ2) is 5.20. The second-order valence-electron chi connectivity index (χ2n) is 4.48. The summed E-state index contributed by atoms with van der Waals surface area (Å²) in [5, 5.41) is 0. The molecule has 0 aromatic heterocycles. The van der Waals surface area contributed by atoms with Crippen LogP contribution in [0.4, 0.5) is 14.5 Å². The maximum Gasteiger partial charge on any atom is 0.184 e. The Kier molecular flexibility index (Phi) is 3.76. The van der Waals surface area contributed by atoms with Gasteiger partial charge in [-0.25, -0.2) is 17.2 Å². The van der Waals surface area contributed by atoms with Crippen LogP contribution >= 0.6 is 0 Å². The lowest BCUT2D eigenvalue weighted by Crippen LogP contribution is -2.10. The van der Waals surface area contributed by atoms with Gasteiger partial charge in [-0.3, -0.25) is 0 Å². The normalized spacial score (nSPS) is 11.6. The smallest absolute Gasteiger partial charge is 0.184 e. The molecule has 0 saturated carbocycles. The van der Waals surface area contributed by atoms with Gasteiger partial charge in [0.15, 0.2) is 9.84 Å². The summed E-state index contributed by atoms with van der Waals surface area (Å²) >= 11 is 0. The molecular weight excluding hydrogens is 284 g/mol. The van der Waals surface area contributed by atoms with Gasteiger partial charge in [0.25, 0.3) is 0 Å². The summed E-state index contributed by atoms with van der Waals surface area (Å²) < 4.78 is 51.2. The van der Waals surface area contributed by atoms with E-state index in [0.717, 1.165) is 18.2 Å². The van der Waals surface area contributed by atoms with Gasteiger partial charge < -0.3 is 5.73 Å². The van der Waals surface area contributed by atoms with Crippen molar-refractivity contribution in [3.05, 3.63) is 59.2 Å². The number of nitrogen functional groups attached to an aromatic ring is 1.